The number of aryl methyl sites for hydroxylation is 1. The molecule has 0 unspecified atom stereocenters. The lowest BCUT2D eigenvalue weighted by atomic mass is 10.1. The Labute approximate surface area is 162 Å². The Kier molecular flexibility index (Phi) is 4.43. The Hall–Kier alpha value is -3.13. The molecule has 0 saturated carbocycles. The first kappa shape index (κ1) is 18.2. The number of hydrogen-bond acceptors (Lipinski definition) is 3. The van der Waals surface area contributed by atoms with Gasteiger partial charge in [0.15, 0.2) is 5.82 Å². The zero-order chi connectivity index (χ0) is 19.9. The lowest BCUT2D eigenvalue weighted by Crippen LogP contribution is -2.14. The predicted octanol–water partition coefficient (Wildman–Crippen LogP) is 5.57. The number of benzene rings is 2. The van der Waals surface area contributed by atoms with Crippen LogP contribution in [0.3, 0.4) is 0 Å². The van der Waals surface area contributed by atoms with Crippen molar-refractivity contribution in [3.05, 3.63) is 70.4 Å². The van der Waals surface area contributed by atoms with Crippen LogP contribution in [0, 0.1) is 0 Å². The first-order valence-electron chi connectivity index (χ1n) is 8.31. The first-order chi connectivity index (χ1) is 13.3. The second-order valence-corrected chi connectivity index (χ2v) is 7.03. The quantitative estimate of drug-likeness (QED) is 0.488. The molecule has 4 aromatic rings. The summed E-state index contributed by atoms with van der Waals surface area (Å²) in [5.41, 5.74) is 1.87. The van der Waals surface area contributed by atoms with Gasteiger partial charge in [0.2, 0.25) is 0 Å². The van der Waals surface area contributed by atoms with Crippen LogP contribution < -0.4 is 5.32 Å². The van der Waals surface area contributed by atoms with Gasteiger partial charge in [-0.2, -0.15) is 29.6 Å². The van der Waals surface area contributed by atoms with Gasteiger partial charge in [0.1, 0.15) is 0 Å². The van der Waals surface area contributed by atoms with Crippen molar-refractivity contribution in [1.29, 1.82) is 0 Å². The molecule has 4 nitrogen and oxygen atoms in total. The molecule has 0 radical (unpaired) electrons. The van der Waals surface area contributed by atoms with Gasteiger partial charge in [0.25, 0.3) is 5.91 Å². The second-order valence-electron chi connectivity index (χ2n) is 6.25. The highest BCUT2D eigenvalue weighted by Crippen LogP contribution is 2.31. The van der Waals surface area contributed by atoms with E-state index >= 15 is 0 Å². The molecule has 2 aromatic carbocycles. The number of hydrogen-bond donors (Lipinski definition) is 1. The number of anilines is 1. The smallest absolute Gasteiger partial charge is 0.305 e. The number of carbonyl (C=O) groups excluding carboxylic acids is 1. The minimum Gasteiger partial charge on any atom is -0.305 e. The molecule has 0 atom stereocenters. The molecule has 0 saturated heterocycles. The SMILES string of the molecule is Cn1nc(NC(=O)c2cccc(C(F)(F)F)c2)c2cc(-c3ccsc3)ccc21. The minimum absolute atomic E-state index is 0.0809. The van der Waals surface area contributed by atoms with Crippen LogP contribution in [0.4, 0.5) is 19.0 Å². The van der Waals surface area contributed by atoms with Crippen molar-refractivity contribution in [2.45, 2.75) is 6.18 Å². The number of aromatic nitrogens is 2. The molecule has 4 rings (SSSR count). The number of halogens is 3. The van der Waals surface area contributed by atoms with Crippen molar-refractivity contribution in [1.82, 2.24) is 9.78 Å². The fraction of sp³-hybridized carbons (Fsp3) is 0.100. The summed E-state index contributed by atoms with van der Waals surface area (Å²) in [4.78, 5) is 12.5. The molecule has 0 aliphatic carbocycles. The third kappa shape index (κ3) is 3.38. The second kappa shape index (κ2) is 6.79. The van der Waals surface area contributed by atoms with E-state index in [1.54, 1.807) is 23.1 Å². The van der Waals surface area contributed by atoms with Crippen LogP contribution in [-0.2, 0) is 13.2 Å². The van der Waals surface area contributed by atoms with E-state index in [0.717, 1.165) is 28.8 Å². The number of alkyl halides is 3. The van der Waals surface area contributed by atoms with E-state index in [-0.39, 0.29) is 5.56 Å². The maximum Gasteiger partial charge on any atom is 0.416 e. The Morgan fingerprint density at radius 2 is 1.93 bits per heavy atom. The molecule has 1 amide bonds. The van der Waals surface area contributed by atoms with E-state index in [1.807, 2.05) is 35.0 Å². The molecule has 0 fully saturated rings. The highest BCUT2D eigenvalue weighted by molar-refractivity contribution is 7.08. The van der Waals surface area contributed by atoms with Crippen LogP contribution >= 0.6 is 11.3 Å². The van der Waals surface area contributed by atoms with Gasteiger partial charge < -0.3 is 5.32 Å². The zero-order valence-corrected chi connectivity index (χ0v) is 15.4. The van der Waals surface area contributed by atoms with Crippen LogP contribution in [0.15, 0.2) is 59.3 Å². The van der Waals surface area contributed by atoms with Gasteiger partial charge in [-0.1, -0.05) is 12.1 Å². The number of amides is 1. The highest BCUT2D eigenvalue weighted by Gasteiger charge is 2.31. The van der Waals surface area contributed by atoms with Crippen molar-refractivity contribution >= 4 is 34.0 Å². The summed E-state index contributed by atoms with van der Waals surface area (Å²) >= 11 is 1.58. The molecule has 0 spiro atoms. The van der Waals surface area contributed by atoms with Gasteiger partial charge >= 0.3 is 6.18 Å². The van der Waals surface area contributed by atoms with Crippen molar-refractivity contribution in [2.24, 2.45) is 7.05 Å². The van der Waals surface area contributed by atoms with E-state index in [2.05, 4.69) is 10.4 Å². The molecule has 0 aliphatic heterocycles. The largest absolute Gasteiger partial charge is 0.416 e. The molecule has 28 heavy (non-hydrogen) atoms. The van der Waals surface area contributed by atoms with E-state index < -0.39 is 17.6 Å². The topological polar surface area (TPSA) is 46.9 Å². The number of rotatable bonds is 3. The van der Waals surface area contributed by atoms with Gasteiger partial charge in [-0.3, -0.25) is 9.48 Å². The molecule has 0 bridgehead atoms. The molecule has 142 valence electrons. The van der Waals surface area contributed by atoms with Gasteiger partial charge in [-0.05, 0) is 58.3 Å². The lowest BCUT2D eigenvalue weighted by Gasteiger charge is -2.08. The summed E-state index contributed by atoms with van der Waals surface area (Å²) in [6, 6.07) is 12.1. The predicted molar refractivity (Wildman–Crippen MR) is 103 cm³/mol. The zero-order valence-electron chi connectivity index (χ0n) is 14.6. The van der Waals surface area contributed by atoms with Crippen molar-refractivity contribution in [2.75, 3.05) is 5.32 Å². The van der Waals surface area contributed by atoms with E-state index in [4.69, 9.17) is 0 Å². The molecular formula is C20H14F3N3OS. The molecule has 8 heteroatoms. The summed E-state index contributed by atoms with van der Waals surface area (Å²) in [5.74, 6) is -0.343. The van der Waals surface area contributed by atoms with Gasteiger partial charge in [-0.25, -0.2) is 0 Å². The van der Waals surface area contributed by atoms with Gasteiger partial charge in [0, 0.05) is 18.0 Å². The van der Waals surface area contributed by atoms with Crippen LogP contribution in [-0.4, -0.2) is 15.7 Å². The normalized spacial score (nSPS) is 11.7. The van der Waals surface area contributed by atoms with E-state index in [0.29, 0.717) is 11.2 Å². The number of carbonyl (C=O) groups is 1. The summed E-state index contributed by atoms with van der Waals surface area (Å²) in [5, 5.41) is 11.6. The van der Waals surface area contributed by atoms with Crippen molar-refractivity contribution in [3.63, 3.8) is 0 Å². The number of nitrogens with zero attached hydrogens (tertiary/aromatic N) is 2. The molecular weight excluding hydrogens is 387 g/mol. The highest BCUT2D eigenvalue weighted by atomic mass is 32.1. The average Bonchev–Trinajstić information content (AvgIpc) is 3.30. The van der Waals surface area contributed by atoms with Gasteiger partial charge in [0.05, 0.1) is 11.1 Å². The Morgan fingerprint density at radius 1 is 1.11 bits per heavy atom. The molecule has 0 aliphatic rings. The maximum absolute atomic E-state index is 12.9. The van der Waals surface area contributed by atoms with Crippen LogP contribution in [0.5, 0.6) is 0 Å². The number of thiophene rings is 1. The Bertz CT molecular complexity index is 1160. The number of nitrogens with one attached hydrogen (secondary N) is 1. The number of fused-ring (bicyclic) bond motifs is 1. The standard InChI is InChI=1S/C20H14F3N3OS/c1-26-17-6-5-12(14-7-8-28-11-14)10-16(17)18(25-26)24-19(27)13-3-2-4-15(9-13)20(21,22)23/h2-11H,1H3,(H,24,25,27). The fourth-order valence-electron chi connectivity index (χ4n) is 2.98. The minimum atomic E-state index is -4.51. The maximum atomic E-state index is 12.9. The van der Waals surface area contributed by atoms with Crippen molar-refractivity contribution in [3.8, 4) is 11.1 Å². The molecule has 2 heterocycles. The van der Waals surface area contributed by atoms with Gasteiger partial charge in [-0.15, -0.1) is 0 Å². The third-order valence-corrected chi connectivity index (χ3v) is 5.07. The fourth-order valence-corrected chi connectivity index (χ4v) is 3.65. The Morgan fingerprint density at radius 3 is 2.64 bits per heavy atom. The summed E-state index contributed by atoms with van der Waals surface area (Å²) in [6.45, 7) is 0. The summed E-state index contributed by atoms with van der Waals surface area (Å²) in [6.07, 6.45) is -4.51. The molecule has 1 N–H and O–H groups in total. The summed E-state index contributed by atoms with van der Waals surface area (Å²) < 4.78 is 40.3. The average molecular weight is 401 g/mol. The van der Waals surface area contributed by atoms with Crippen LogP contribution in [0.1, 0.15) is 15.9 Å². The van der Waals surface area contributed by atoms with Crippen LogP contribution in [0.25, 0.3) is 22.0 Å². The van der Waals surface area contributed by atoms with E-state index in [9.17, 15) is 18.0 Å². The lowest BCUT2D eigenvalue weighted by molar-refractivity contribution is -0.137. The summed E-state index contributed by atoms with van der Waals surface area (Å²) in [7, 11) is 1.74. The molecule has 2 aromatic heterocycles. The van der Waals surface area contributed by atoms with Crippen LogP contribution in [0.2, 0.25) is 0 Å². The third-order valence-electron chi connectivity index (χ3n) is 4.39. The Balaban J connectivity index is 1.70. The van der Waals surface area contributed by atoms with E-state index in [1.165, 1.54) is 12.1 Å². The first-order valence-corrected chi connectivity index (χ1v) is 9.25. The monoisotopic (exact) mass is 401 g/mol. The van der Waals surface area contributed by atoms with Crippen molar-refractivity contribution < 1.29 is 18.0 Å².